The van der Waals surface area contributed by atoms with Gasteiger partial charge < -0.3 is 15.4 Å². The number of hydrogen-bond acceptors (Lipinski definition) is 4. The van der Waals surface area contributed by atoms with Crippen LogP contribution < -0.4 is 5.73 Å². The lowest BCUT2D eigenvalue weighted by Crippen LogP contribution is -2.34. The van der Waals surface area contributed by atoms with Crippen molar-refractivity contribution in [1.82, 2.24) is 9.88 Å². The third-order valence-electron chi connectivity index (χ3n) is 3.49. The minimum atomic E-state index is -0.0778. The van der Waals surface area contributed by atoms with Crippen LogP contribution in [0.15, 0.2) is 18.3 Å². The fourth-order valence-corrected chi connectivity index (χ4v) is 2.38. The van der Waals surface area contributed by atoms with Crippen molar-refractivity contribution in [3.8, 4) is 0 Å². The minimum absolute atomic E-state index is 0.0778. The molecular formula is C14H19N3O2S. The molecule has 0 aliphatic carbocycles. The zero-order chi connectivity index (χ0) is 14.5. The SMILES string of the molecule is CN(CC1CCOCC1)C(=O)c1ccc(C(N)=S)cn1. The molecule has 0 atom stereocenters. The summed E-state index contributed by atoms with van der Waals surface area (Å²) in [4.78, 5) is 18.4. The molecular weight excluding hydrogens is 274 g/mol. The number of nitrogens with zero attached hydrogens (tertiary/aromatic N) is 2. The highest BCUT2D eigenvalue weighted by atomic mass is 32.1. The lowest BCUT2D eigenvalue weighted by molar-refractivity contribution is 0.0495. The molecule has 1 saturated heterocycles. The highest BCUT2D eigenvalue weighted by Crippen LogP contribution is 2.16. The smallest absolute Gasteiger partial charge is 0.272 e. The van der Waals surface area contributed by atoms with Gasteiger partial charge in [0.15, 0.2) is 0 Å². The van der Waals surface area contributed by atoms with E-state index in [1.807, 2.05) is 0 Å². The summed E-state index contributed by atoms with van der Waals surface area (Å²) in [6.07, 6.45) is 3.55. The van der Waals surface area contributed by atoms with E-state index in [-0.39, 0.29) is 10.9 Å². The molecule has 20 heavy (non-hydrogen) atoms. The molecule has 1 amide bonds. The molecule has 1 aromatic heterocycles. The van der Waals surface area contributed by atoms with Crippen LogP contribution in [0.1, 0.15) is 28.9 Å². The molecule has 0 bridgehead atoms. The highest BCUT2D eigenvalue weighted by Gasteiger charge is 2.20. The summed E-state index contributed by atoms with van der Waals surface area (Å²) in [6, 6.07) is 3.39. The molecule has 5 nitrogen and oxygen atoms in total. The zero-order valence-electron chi connectivity index (χ0n) is 11.5. The third kappa shape index (κ3) is 3.74. The van der Waals surface area contributed by atoms with Gasteiger partial charge in [-0.2, -0.15) is 0 Å². The highest BCUT2D eigenvalue weighted by molar-refractivity contribution is 7.80. The maximum Gasteiger partial charge on any atom is 0.272 e. The van der Waals surface area contributed by atoms with Crippen molar-refractivity contribution in [1.29, 1.82) is 0 Å². The van der Waals surface area contributed by atoms with E-state index in [1.54, 1.807) is 24.1 Å². The number of pyridine rings is 1. The van der Waals surface area contributed by atoms with Crippen molar-refractivity contribution in [3.63, 3.8) is 0 Å². The summed E-state index contributed by atoms with van der Waals surface area (Å²) in [6.45, 7) is 2.31. The minimum Gasteiger partial charge on any atom is -0.389 e. The summed E-state index contributed by atoms with van der Waals surface area (Å²) >= 11 is 4.86. The van der Waals surface area contributed by atoms with Crippen LogP contribution in [0.4, 0.5) is 0 Å². The van der Waals surface area contributed by atoms with Gasteiger partial charge in [0.25, 0.3) is 5.91 Å². The summed E-state index contributed by atoms with van der Waals surface area (Å²) in [5.41, 5.74) is 6.59. The maximum absolute atomic E-state index is 12.3. The normalized spacial score (nSPS) is 15.8. The maximum atomic E-state index is 12.3. The Morgan fingerprint density at radius 3 is 2.75 bits per heavy atom. The Balaban J connectivity index is 1.96. The van der Waals surface area contributed by atoms with Crippen LogP contribution in [0, 0.1) is 5.92 Å². The number of ether oxygens (including phenoxy) is 1. The number of amides is 1. The van der Waals surface area contributed by atoms with Gasteiger partial charge in [0.2, 0.25) is 0 Å². The van der Waals surface area contributed by atoms with Gasteiger partial charge in [0, 0.05) is 38.6 Å². The number of rotatable bonds is 4. The van der Waals surface area contributed by atoms with Crippen molar-refractivity contribution in [2.45, 2.75) is 12.8 Å². The number of nitrogens with two attached hydrogens (primary N) is 1. The molecule has 6 heteroatoms. The van der Waals surface area contributed by atoms with E-state index in [0.717, 1.165) is 32.6 Å². The first-order chi connectivity index (χ1) is 9.58. The summed E-state index contributed by atoms with van der Waals surface area (Å²) in [5, 5.41) is 0. The van der Waals surface area contributed by atoms with Crippen LogP contribution in [0.5, 0.6) is 0 Å². The van der Waals surface area contributed by atoms with Crippen molar-refractivity contribution >= 4 is 23.1 Å². The van der Waals surface area contributed by atoms with Gasteiger partial charge in [-0.1, -0.05) is 12.2 Å². The molecule has 2 rings (SSSR count). The second kappa shape index (κ2) is 6.76. The quantitative estimate of drug-likeness (QED) is 0.845. The van der Waals surface area contributed by atoms with Crippen molar-refractivity contribution in [2.24, 2.45) is 11.7 Å². The Labute approximate surface area is 124 Å². The fourth-order valence-electron chi connectivity index (χ4n) is 2.26. The number of carbonyl (C=O) groups excluding carboxylic acids is 1. The molecule has 0 spiro atoms. The fraction of sp³-hybridized carbons (Fsp3) is 0.500. The molecule has 1 aliphatic heterocycles. The number of thiocarbonyl (C=S) groups is 1. The lowest BCUT2D eigenvalue weighted by Gasteiger charge is -2.27. The average Bonchev–Trinajstić information content (AvgIpc) is 2.47. The van der Waals surface area contributed by atoms with Gasteiger partial charge in [-0.15, -0.1) is 0 Å². The first-order valence-corrected chi connectivity index (χ1v) is 7.08. The molecule has 2 N–H and O–H groups in total. The van der Waals surface area contributed by atoms with E-state index in [2.05, 4.69) is 4.98 Å². The van der Waals surface area contributed by atoms with Crippen LogP contribution in [0.2, 0.25) is 0 Å². The van der Waals surface area contributed by atoms with Gasteiger partial charge in [0.05, 0.1) is 0 Å². The standard InChI is InChI=1S/C14H19N3O2S/c1-17(9-10-4-6-19-7-5-10)14(18)12-3-2-11(8-16-12)13(15)20/h2-3,8,10H,4-7,9H2,1H3,(H2,15,20). The van der Waals surface area contributed by atoms with Gasteiger partial charge in [-0.3, -0.25) is 9.78 Å². The molecule has 0 aromatic carbocycles. The van der Waals surface area contributed by atoms with Crippen LogP contribution >= 0.6 is 12.2 Å². The van der Waals surface area contributed by atoms with E-state index >= 15 is 0 Å². The average molecular weight is 293 g/mol. The van der Waals surface area contributed by atoms with E-state index in [0.29, 0.717) is 17.2 Å². The van der Waals surface area contributed by atoms with Crippen LogP contribution in [0.25, 0.3) is 0 Å². The molecule has 1 fully saturated rings. The Hall–Kier alpha value is -1.53. The third-order valence-corrected chi connectivity index (χ3v) is 3.72. The number of hydrogen-bond donors (Lipinski definition) is 1. The van der Waals surface area contributed by atoms with Gasteiger partial charge >= 0.3 is 0 Å². The predicted octanol–water partition coefficient (Wildman–Crippen LogP) is 1.21. The molecule has 0 radical (unpaired) electrons. The summed E-state index contributed by atoms with van der Waals surface area (Å²) in [5.74, 6) is 0.430. The zero-order valence-corrected chi connectivity index (χ0v) is 12.4. The van der Waals surface area contributed by atoms with Gasteiger partial charge in [-0.05, 0) is 30.9 Å². The monoisotopic (exact) mass is 293 g/mol. The first kappa shape index (κ1) is 14.9. The number of aromatic nitrogens is 1. The second-order valence-corrected chi connectivity index (χ2v) is 5.48. The molecule has 2 heterocycles. The summed E-state index contributed by atoms with van der Waals surface area (Å²) in [7, 11) is 1.81. The van der Waals surface area contributed by atoms with Crippen LogP contribution in [-0.4, -0.2) is 47.6 Å². The van der Waals surface area contributed by atoms with Crippen molar-refractivity contribution in [3.05, 3.63) is 29.6 Å². The largest absolute Gasteiger partial charge is 0.389 e. The van der Waals surface area contributed by atoms with Crippen LogP contribution in [0.3, 0.4) is 0 Å². The van der Waals surface area contributed by atoms with E-state index < -0.39 is 0 Å². The molecule has 0 saturated carbocycles. The Kier molecular flexibility index (Phi) is 5.03. The predicted molar refractivity (Wildman–Crippen MR) is 80.6 cm³/mol. The Bertz CT molecular complexity index is 484. The molecule has 0 unspecified atom stereocenters. The topological polar surface area (TPSA) is 68.5 Å². The Morgan fingerprint density at radius 2 is 2.20 bits per heavy atom. The van der Waals surface area contributed by atoms with Crippen LogP contribution in [-0.2, 0) is 4.74 Å². The molecule has 108 valence electrons. The van der Waals surface area contributed by atoms with Crippen molar-refractivity contribution in [2.75, 3.05) is 26.8 Å². The van der Waals surface area contributed by atoms with Crippen molar-refractivity contribution < 1.29 is 9.53 Å². The van der Waals surface area contributed by atoms with Gasteiger partial charge in [-0.25, -0.2) is 0 Å². The molecule has 1 aliphatic rings. The van der Waals surface area contributed by atoms with E-state index in [9.17, 15) is 4.79 Å². The Morgan fingerprint density at radius 1 is 1.50 bits per heavy atom. The second-order valence-electron chi connectivity index (χ2n) is 5.04. The summed E-state index contributed by atoms with van der Waals surface area (Å²) < 4.78 is 5.32. The molecule has 1 aromatic rings. The van der Waals surface area contributed by atoms with Gasteiger partial charge in [0.1, 0.15) is 10.7 Å². The first-order valence-electron chi connectivity index (χ1n) is 6.67. The lowest BCUT2D eigenvalue weighted by atomic mass is 10.00. The number of carbonyl (C=O) groups is 1. The van der Waals surface area contributed by atoms with E-state index in [1.165, 1.54) is 6.20 Å². The van der Waals surface area contributed by atoms with E-state index in [4.69, 9.17) is 22.7 Å².